The molecule has 23 heavy (non-hydrogen) atoms. The predicted octanol–water partition coefficient (Wildman–Crippen LogP) is 5.34. The third-order valence-electron chi connectivity index (χ3n) is 6.09. The average molecular weight is 326 g/mol. The lowest BCUT2D eigenvalue weighted by Crippen LogP contribution is -2.59. The van der Waals surface area contributed by atoms with Crippen LogP contribution >= 0.6 is 0 Å². The van der Waals surface area contributed by atoms with Gasteiger partial charge in [-0.1, -0.05) is 45.4 Å². The van der Waals surface area contributed by atoms with Gasteiger partial charge in [-0.05, 0) is 59.9 Å². The van der Waals surface area contributed by atoms with Crippen molar-refractivity contribution in [1.29, 1.82) is 0 Å². The summed E-state index contributed by atoms with van der Waals surface area (Å²) in [4.78, 5) is 14.3. The largest absolute Gasteiger partial charge is 0.481 e. The van der Waals surface area contributed by atoms with Crippen molar-refractivity contribution < 1.29 is 9.90 Å². The highest BCUT2D eigenvalue weighted by Gasteiger charge is 2.46. The standard InChI is InChI=1S/C20H39NO2/c1-7-8-9-10-11-12-13-17(18(22)23)16-14-19(2,3)21(6)20(4,5)15-16/h16-17H,7-15H2,1-6H3,(H,22,23). The number of hydrogen-bond acceptors (Lipinski definition) is 2. The first-order chi connectivity index (χ1) is 10.6. The van der Waals surface area contributed by atoms with Gasteiger partial charge in [0.25, 0.3) is 0 Å². The van der Waals surface area contributed by atoms with Gasteiger partial charge in [0.2, 0.25) is 0 Å². The maximum absolute atomic E-state index is 11.9. The van der Waals surface area contributed by atoms with E-state index < -0.39 is 5.97 Å². The van der Waals surface area contributed by atoms with Crippen LogP contribution in [0.1, 0.15) is 92.4 Å². The molecule has 1 heterocycles. The number of carboxylic acids is 1. The SMILES string of the molecule is CCCCCCCCC(C(=O)O)C1CC(C)(C)N(C)C(C)(C)C1. The van der Waals surface area contributed by atoms with E-state index in [4.69, 9.17) is 0 Å². The third-order valence-corrected chi connectivity index (χ3v) is 6.09. The van der Waals surface area contributed by atoms with Gasteiger partial charge in [-0.15, -0.1) is 0 Å². The van der Waals surface area contributed by atoms with E-state index in [-0.39, 0.29) is 17.0 Å². The average Bonchev–Trinajstić information content (AvgIpc) is 2.42. The van der Waals surface area contributed by atoms with Crippen LogP contribution in [0.4, 0.5) is 0 Å². The van der Waals surface area contributed by atoms with Crippen LogP contribution in [0.25, 0.3) is 0 Å². The van der Waals surface area contributed by atoms with Crippen LogP contribution in [0, 0.1) is 11.8 Å². The van der Waals surface area contributed by atoms with Crippen LogP contribution in [-0.2, 0) is 4.79 Å². The Kier molecular flexibility index (Phi) is 7.57. The summed E-state index contributed by atoms with van der Waals surface area (Å²) in [5.41, 5.74) is 0.141. The van der Waals surface area contributed by atoms with Gasteiger partial charge in [-0.2, -0.15) is 0 Å². The van der Waals surface area contributed by atoms with Crippen LogP contribution in [0.5, 0.6) is 0 Å². The third kappa shape index (κ3) is 5.77. The molecule has 1 rings (SSSR count). The summed E-state index contributed by atoms with van der Waals surface area (Å²) >= 11 is 0. The Bertz CT molecular complexity index is 358. The molecule has 3 heteroatoms. The lowest BCUT2D eigenvalue weighted by Gasteiger charge is -2.54. The van der Waals surface area contributed by atoms with Crippen molar-refractivity contribution in [2.45, 2.75) is 103 Å². The van der Waals surface area contributed by atoms with E-state index in [0.29, 0.717) is 5.92 Å². The highest BCUT2D eigenvalue weighted by Crippen LogP contribution is 2.44. The maximum atomic E-state index is 11.9. The molecule has 1 atom stereocenters. The van der Waals surface area contributed by atoms with Gasteiger partial charge in [-0.3, -0.25) is 9.69 Å². The Morgan fingerprint density at radius 2 is 1.52 bits per heavy atom. The molecule has 0 amide bonds. The van der Waals surface area contributed by atoms with Crippen LogP contribution in [0.2, 0.25) is 0 Å². The van der Waals surface area contributed by atoms with Gasteiger partial charge in [0.1, 0.15) is 0 Å². The van der Waals surface area contributed by atoms with Crippen molar-refractivity contribution in [2.75, 3.05) is 7.05 Å². The number of aliphatic carboxylic acids is 1. The normalized spacial score (nSPS) is 22.9. The Balaban J connectivity index is 2.61. The molecule has 1 N–H and O–H groups in total. The molecule has 0 bridgehead atoms. The van der Waals surface area contributed by atoms with E-state index in [2.05, 4.69) is 46.6 Å². The monoisotopic (exact) mass is 325 g/mol. The number of unbranched alkanes of at least 4 members (excludes halogenated alkanes) is 5. The van der Waals surface area contributed by atoms with Crippen LogP contribution in [-0.4, -0.2) is 34.1 Å². The lowest BCUT2D eigenvalue weighted by molar-refractivity contribution is -0.147. The topological polar surface area (TPSA) is 40.5 Å². The molecule has 0 spiro atoms. The summed E-state index contributed by atoms with van der Waals surface area (Å²) in [5.74, 6) is -0.461. The van der Waals surface area contributed by atoms with E-state index in [1.807, 2.05) is 0 Å². The Morgan fingerprint density at radius 1 is 1.04 bits per heavy atom. The first-order valence-electron chi connectivity index (χ1n) is 9.58. The molecular formula is C20H39NO2. The second-order valence-electron chi connectivity index (χ2n) is 8.85. The first-order valence-corrected chi connectivity index (χ1v) is 9.58. The van der Waals surface area contributed by atoms with Crippen molar-refractivity contribution in [3.05, 3.63) is 0 Å². The zero-order valence-corrected chi connectivity index (χ0v) is 16.3. The summed E-state index contributed by atoms with van der Waals surface area (Å²) in [6.45, 7) is 11.2. The fraction of sp³-hybridized carbons (Fsp3) is 0.950. The molecule has 0 aliphatic carbocycles. The van der Waals surface area contributed by atoms with Gasteiger partial charge in [-0.25, -0.2) is 0 Å². The van der Waals surface area contributed by atoms with E-state index in [1.165, 1.54) is 32.1 Å². The number of carbonyl (C=O) groups is 1. The molecule has 1 aliphatic rings. The number of rotatable bonds is 9. The van der Waals surface area contributed by atoms with Crippen molar-refractivity contribution in [2.24, 2.45) is 11.8 Å². The minimum atomic E-state index is -0.584. The number of hydrogen-bond donors (Lipinski definition) is 1. The molecule has 3 nitrogen and oxygen atoms in total. The minimum absolute atomic E-state index is 0.0707. The molecule has 0 aromatic rings. The van der Waals surface area contributed by atoms with Gasteiger partial charge < -0.3 is 5.11 Å². The van der Waals surface area contributed by atoms with Crippen molar-refractivity contribution in [1.82, 2.24) is 4.90 Å². The summed E-state index contributed by atoms with van der Waals surface area (Å²) in [6, 6.07) is 0. The fourth-order valence-electron chi connectivity index (χ4n) is 4.44. The smallest absolute Gasteiger partial charge is 0.306 e. The highest BCUT2D eigenvalue weighted by atomic mass is 16.4. The fourth-order valence-corrected chi connectivity index (χ4v) is 4.44. The van der Waals surface area contributed by atoms with Gasteiger partial charge >= 0.3 is 5.97 Å². The molecular weight excluding hydrogens is 286 g/mol. The molecule has 1 fully saturated rings. The Labute approximate surface area is 143 Å². The number of carboxylic acid groups (broad SMARTS) is 1. The minimum Gasteiger partial charge on any atom is -0.481 e. The van der Waals surface area contributed by atoms with Gasteiger partial charge in [0.05, 0.1) is 5.92 Å². The Morgan fingerprint density at radius 3 is 2.00 bits per heavy atom. The van der Waals surface area contributed by atoms with E-state index in [1.54, 1.807) is 0 Å². The van der Waals surface area contributed by atoms with Gasteiger partial charge in [0.15, 0.2) is 0 Å². The second kappa shape index (κ2) is 8.50. The summed E-state index contributed by atoms with van der Waals surface area (Å²) in [6.07, 6.45) is 10.2. The molecule has 1 aliphatic heterocycles. The van der Waals surface area contributed by atoms with Crippen molar-refractivity contribution in [3.8, 4) is 0 Å². The first kappa shape index (κ1) is 20.5. The van der Waals surface area contributed by atoms with E-state index in [9.17, 15) is 9.90 Å². The predicted molar refractivity (Wildman–Crippen MR) is 97.8 cm³/mol. The van der Waals surface area contributed by atoms with E-state index in [0.717, 1.165) is 25.7 Å². The number of likely N-dealkylation sites (tertiary alicyclic amines) is 1. The molecule has 0 aromatic carbocycles. The molecule has 0 radical (unpaired) electrons. The van der Waals surface area contributed by atoms with E-state index >= 15 is 0 Å². The lowest BCUT2D eigenvalue weighted by atomic mass is 9.68. The molecule has 1 saturated heterocycles. The zero-order valence-electron chi connectivity index (χ0n) is 16.3. The summed E-state index contributed by atoms with van der Waals surface area (Å²) in [7, 11) is 2.18. The highest BCUT2D eigenvalue weighted by molar-refractivity contribution is 5.70. The second-order valence-corrected chi connectivity index (χ2v) is 8.85. The quantitative estimate of drug-likeness (QED) is 0.582. The van der Waals surface area contributed by atoms with Crippen molar-refractivity contribution in [3.63, 3.8) is 0 Å². The van der Waals surface area contributed by atoms with Crippen LogP contribution in [0.3, 0.4) is 0 Å². The zero-order chi connectivity index (χ0) is 17.7. The molecule has 0 saturated carbocycles. The Hall–Kier alpha value is -0.570. The van der Waals surface area contributed by atoms with Crippen molar-refractivity contribution >= 4 is 5.97 Å². The molecule has 1 unspecified atom stereocenters. The molecule has 136 valence electrons. The summed E-state index contributed by atoms with van der Waals surface area (Å²) < 4.78 is 0. The van der Waals surface area contributed by atoms with Gasteiger partial charge in [0, 0.05) is 11.1 Å². The number of piperidine rings is 1. The summed E-state index contributed by atoms with van der Waals surface area (Å²) in [5, 5.41) is 9.76. The number of nitrogens with zero attached hydrogens (tertiary/aromatic N) is 1. The van der Waals surface area contributed by atoms with Crippen LogP contribution < -0.4 is 0 Å². The molecule has 0 aromatic heterocycles. The van der Waals surface area contributed by atoms with Crippen LogP contribution in [0.15, 0.2) is 0 Å². The maximum Gasteiger partial charge on any atom is 0.306 e.